The van der Waals surface area contributed by atoms with Gasteiger partial charge in [-0.2, -0.15) is 5.26 Å². The number of nitrogens with zero attached hydrogens (tertiary/aromatic N) is 1. The summed E-state index contributed by atoms with van der Waals surface area (Å²) in [7, 11) is 0. The molecular weight excluding hydrogens is 276 g/mol. The van der Waals surface area contributed by atoms with Crippen LogP contribution in [-0.4, -0.2) is 12.6 Å². The van der Waals surface area contributed by atoms with Crippen LogP contribution in [0.1, 0.15) is 12.5 Å². The van der Waals surface area contributed by atoms with Crippen LogP contribution in [0, 0.1) is 17.2 Å². The fourth-order valence-corrected chi connectivity index (χ4v) is 2.54. The van der Waals surface area contributed by atoms with Gasteiger partial charge in [0.25, 0.3) is 0 Å². The molecule has 1 aliphatic rings. The zero-order valence-electron chi connectivity index (χ0n) is 12.5. The van der Waals surface area contributed by atoms with Crippen molar-refractivity contribution in [1.82, 2.24) is 0 Å². The van der Waals surface area contributed by atoms with E-state index in [4.69, 9.17) is 10.5 Å². The van der Waals surface area contributed by atoms with Crippen molar-refractivity contribution >= 4 is 5.97 Å². The molecule has 1 aromatic carbocycles. The van der Waals surface area contributed by atoms with Crippen LogP contribution in [0.4, 0.5) is 0 Å². The standard InChI is InChI=1S/C18H18N2O2/c1-3-22-17(21)13(2)15-10-7-11-18(20,16(15)12-19)14-8-5-4-6-9-14/h4-11,16H,2-3,20H2,1H3. The zero-order valence-corrected chi connectivity index (χ0v) is 12.5. The molecule has 0 heterocycles. The van der Waals surface area contributed by atoms with Gasteiger partial charge in [0.15, 0.2) is 0 Å². The predicted octanol–water partition coefficient (Wildman–Crippen LogP) is 2.60. The molecule has 0 amide bonds. The molecule has 0 saturated carbocycles. The summed E-state index contributed by atoms with van der Waals surface area (Å²) in [6.45, 7) is 5.75. The molecule has 0 fully saturated rings. The number of hydrogen-bond donors (Lipinski definition) is 1. The molecule has 0 radical (unpaired) electrons. The van der Waals surface area contributed by atoms with Crippen molar-refractivity contribution in [3.63, 3.8) is 0 Å². The minimum atomic E-state index is -1.00. The van der Waals surface area contributed by atoms with E-state index in [2.05, 4.69) is 12.6 Å². The Labute approximate surface area is 130 Å². The third-order valence-corrected chi connectivity index (χ3v) is 3.71. The zero-order chi connectivity index (χ0) is 16.2. The lowest BCUT2D eigenvalue weighted by atomic mass is 9.71. The number of allylic oxidation sites excluding steroid dienone is 2. The van der Waals surface area contributed by atoms with Gasteiger partial charge in [0, 0.05) is 0 Å². The number of esters is 1. The van der Waals surface area contributed by atoms with Crippen LogP contribution in [0.5, 0.6) is 0 Å². The van der Waals surface area contributed by atoms with Gasteiger partial charge in [0.1, 0.15) is 0 Å². The lowest BCUT2D eigenvalue weighted by Gasteiger charge is -2.35. The number of benzene rings is 1. The first kappa shape index (κ1) is 15.7. The van der Waals surface area contributed by atoms with E-state index in [0.29, 0.717) is 5.57 Å². The molecule has 2 unspecified atom stereocenters. The van der Waals surface area contributed by atoms with Gasteiger partial charge in [-0.15, -0.1) is 0 Å². The third kappa shape index (κ3) is 2.72. The predicted molar refractivity (Wildman–Crippen MR) is 84.4 cm³/mol. The maximum atomic E-state index is 11.9. The second-order valence-corrected chi connectivity index (χ2v) is 5.04. The van der Waals surface area contributed by atoms with Crippen molar-refractivity contribution in [2.24, 2.45) is 11.7 Å². The normalized spacial score (nSPS) is 23.3. The van der Waals surface area contributed by atoms with Crippen LogP contribution in [0.25, 0.3) is 0 Å². The van der Waals surface area contributed by atoms with Crippen LogP contribution < -0.4 is 5.73 Å². The summed E-state index contributed by atoms with van der Waals surface area (Å²) in [4.78, 5) is 11.9. The lowest BCUT2D eigenvalue weighted by molar-refractivity contribution is -0.138. The maximum Gasteiger partial charge on any atom is 0.337 e. The molecule has 4 nitrogen and oxygen atoms in total. The number of carbonyl (C=O) groups is 1. The largest absolute Gasteiger partial charge is 0.462 e. The summed E-state index contributed by atoms with van der Waals surface area (Å²) in [5, 5.41) is 9.62. The molecular formula is C18H18N2O2. The van der Waals surface area contributed by atoms with Crippen LogP contribution in [-0.2, 0) is 15.1 Å². The molecule has 2 atom stereocenters. The second-order valence-electron chi connectivity index (χ2n) is 5.04. The van der Waals surface area contributed by atoms with Crippen molar-refractivity contribution < 1.29 is 9.53 Å². The quantitative estimate of drug-likeness (QED) is 0.684. The summed E-state index contributed by atoms with van der Waals surface area (Å²) < 4.78 is 4.97. The number of nitriles is 1. The molecule has 112 valence electrons. The summed E-state index contributed by atoms with van der Waals surface area (Å²) in [6, 6.07) is 11.6. The summed E-state index contributed by atoms with van der Waals surface area (Å²) in [5.41, 5.74) is 6.96. The number of nitrogens with two attached hydrogens (primary N) is 1. The van der Waals surface area contributed by atoms with E-state index in [9.17, 15) is 10.1 Å². The van der Waals surface area contributed by atoms with Gasteiger partial charge in [0.05, 0.1) is 29.7 Å². The molecule has 0 aliphatic heterocycles. The Bertz CT molecular complexity index is 683. The molecule has 1 aromatic rings. The molecule has 2 N–H and O–H groups in total. The van der Waals surface area contributed by atoms with Crippen molar-refractivity contribution in [2.45, 2.75) is 12.5 Å². The smallest absolute Gasteiger partial charge is 0.337 e. The summed E-state index contributed by atoms with van der Waals surface area (Å²) >= 11 is 0. The SMILES string of the molecule is C=C(C(=O)OCC)C1=CC=CC(N)(c2ccccc2)C1C#N. The average Bonchev–Trinajstić information content (AvgIpc) is 2.55. The molecule has 1 aliphatic carbocycles. The third-order valence-electron chi connectivity index (χ3n) is 3.71. The van der Waals surface area contributed by atoms with Gasteiger partial charge in [-0.1, -0.05) is 55.1 Å². The van der Waals surface area contributed by atoms with Crippen LogP contribution >= 0.6 is 0 Å². The Morgan fingerprint density at radius 1 is 1.45 bits per heavy atom. The highest BCUT2D eigenvalue weighted by atomic mass is 16.5. The maximum absolute atomic E-state index is 11.9. The molecule has 0 aromatic heterocycles. The number of hydrogen-bond acceptors (Lipinski definition) is 4. The van der Waals surface area contributed by atoms with Gasteiger partial charge in [-0.3, -0.25) is 0 Å². The highest BCUT2D eigenvalue weighted by Crippen LogP contribution is 2.38. The van der Waals surface area contributed by atoms with Gasteiger partial charge in [-0.05, 0) is 18.1 Å². The first-order valence-corrected chi connectivity index (χ1v) is 7.04. The first-order valence-electron chi connectivity index (χ1n) is 7.04. The van der Waals surface area contributed by atoms with E-state index < -0.39 is 17.4 Å². The van der Waals surface area contributed by atoms with E-state index in [1.54, 1.807) is 25.2 Å². The van der Waals surface area contributed by atoms with Crippen molar-refractivity contribution in [3.05, 3.63) is 71.8 Å². The fourth-order valence-electron chi connectivity index (χ4n) is 2.54. The molecule has 0 saturated heterocycles. The Balaban J connectivity index is 2.42. The van der Waals surface area contributed by atoms with Crippen molar-refractivity contribution in [2.75, 3.05) is 6.61 Å². The number of carbonyl (C=O) groups excluding carboxylic acids is 1. The Hall–Kier alpha value is -2.64. The molecule has 22 heavy (non-hydrogen) atoms. The van der Waals surface area contributed by atoms with E-state index in [1.807, 2.05) is 30.3 Å². The van der Waals surface area contributed by atoms with Crippen LogP contribution in [0.15, 0.2) is 66.3 Å². The number of rotatable bonds is 4. The summed E-state index contributed by atoms with van der Waals surface area (Å²) in [5.74, 6) is -1.24. The lowest BCUT2D eigenvalue weighted by Crippen LogP contribution is -2.44. The Kier molecular flexibility index (Phi) is 4.59. The van der Waals surface area contributed by atoms with E-state index in [0.717, 1.165) is 5.56 Å². The molecule has 0 bridgehead atoms. The minimum absolute atomic E-state index is 0.170. The minimum Gasteiger partial charge on any atom is -0.462 e. The Morgan fingerprint density at radius 2 is 2.14 bits per heavy atom. The molecule has 0 spiro atoms. The second kappa shape index (κ2) is 6.42. The van der Waals surface area contributed by atoms with Gasteiger partial charge < -0.3 is 10.5 Å². The Morgan fingerprint density at radius 3 is 2.73 bits per heavy atom. The first-order chi connectivity index (χ1) is 10.5. The highest BCUT2D eigenvalue weighted by Gasteiger charge is 2.40. The van der Waals surface area contributed by atoms with Crippen LogP contribution in [0.3, 0.4) is 0 Å². The van der Waals surface area contributed by atoms with Crippen molar-refractivity contribution in [3.8, 4) is 6.07 Å². The van der Waals surface area contributed by atoms with E-state index in [1.165, 1.54) is 0 Å². The van der Waals surface area contributed by atoms with Gasteiger partial charge in [-0.25, -0.2) is 4.79 Å². The molecule has 2 rings (SSSR count). The van der Waals surface area contributed by atoms with Gasteiger partial charge >= 0.3 is 5.97 Å². The molecule has 4 heteroatoms. The van der Waals surface area contributed by atoms with Gasteiger partial charge in [0.2, 0.25) is 0 Å². The van der Waals surface area contributed by atoms with Crippen LogP contribution in [0.2, 0.25) is 0 Å². The number of ether oxygens (including phenoxy) is 1. The average molecular weight is 294 g/mol. The van der Waals surface area contributed by atoms with E-state index in [-0.39, 0.29) is 12.2 Å². The van der Waals surface area contributed by atoms with Crippen molar-refractivity contribution in [1.29, 1.82) is 5.26 Å². The van der Waals surface area contributed by atoms with E-state index >= 15 is 0 Å². The monoisotopic (exact) mass is 294 g/mol. The summed E-state index contributed by atoms with van der Waals surface area (Å²) in [6.07, 6.45) is 5.22. The fraction of sp³-hybridized carbons (Fsp3) is 0.222. The highest BCUT2D eigenvalue weighted by molar-refractivity contribution is 5.93. The topological polar surface area (TPSA) is 76.1 Å².